The Morgan fingerprint density at radius 2 is 1.77 bits per heavy atom. The highest BCUT2D eigenvalue weighted by Gasteiger charge is 2.43. The van der Waals surface area contributed by atoms with Crippen molar-refractivity contribution in [1.82, 2.24) is 4.90 Å². The summed E-state index contributed by atoms with van der Waals surface area (Å²) in [5.41, 5.74) is 3.17. The monoisotopic (exact) mass is 344 g/mol. The van der Waals surface area contributed by atoms with Crippen molar-refractivity contribution in [2.75, 3.05) is 6.61 Å². The largest absolute Gasteiger partial charge is 0.464 e. The molecule has 2 aromatic carbocycles. The summed E-state index contributed by atoms with van der Waals surface area (Å²) in [4.78, 5) is 19.5. The molecule has 2 aromatic rings. The van der Waals surface area contributed by atoms with Crippen molar-refractivity contribution in [3.63, 3.8) is 0 Å². The van der Waals surface area contributed by atoms with E-state index >= 15 is 0 Å². The third-order valence-electron chi connectivity index (χ3n) is 4.59. The highest BCUT2D eigenvalue weighted by molar-refractivity contribution is 6.05. The fourth-order valence-electron chi connectivity index (χ4n) is 3.50. The molecule has 2 heterocycles. The van der Waals surface area contributed by atoms with Gasteiger partial charge in [0, 0.05) is 0 Å². The van der Waals surface area contributed by atoms with E-state index in [1.165, 1.54) is 0 Å². The fourth-order valence-corrected chi connectivity index (χ4v) is 3.50. The Kier molecular flexibility index (Phi) is 4.40. The standard InChI is InChI=1S/C22H20N2O2/c1-2-26-22(25)20-21(17-12-7-4-8-13-17)24-18(14-9-15-19(24)23-20)16-10-5-3-6-11-16/h3-15,20-21H,2H2,1H3/t20-,21+/m1/s1. The molecule has 2 aliphatic heterocycles. The van der Waals surface area contributed by atoms with Crippen LogP contribution in [0.3, 0.4) is 0 Å². The van der Waals surface area contributed by atoms with Gasteiger partial charge in [-0.1, -0.05) is 66.7 Å². The Bertz CT molecular complexity index is 885. The number of rotatable bonds is 4. The van der Waals surface area contributed by atoms with Crippen LogP contribution < -0.4 is 0 Å². The molecule has 0 aromatic heterocycles. The van der Waals surface area contributed by atoms with Crippen LogP contribution in [-0.4, -0.2) is 29.4 Å². The molecule has 4 heteroatoms. The first-order valence-corrected chi connectivity index (χ1v) is 8.82. The second-order valence-corrected chi connectivity index (χ2v) is 6.19. The molecule has 4 nitrogen and oxygen atoms in total. The highest BCUT2D eigenvalue weighted by Crippen LogP contribution is 2.40. The summed E-state index contributed by atoms with van der Waals surface area (Å²) in [5, 5.41) is 0. The maximum Gasteiger partial charge on any atom is 0.333 e. The maximum atomic E-state index is 12.6. The summed E-state index contributed by atoms with van der Waals surface area (Å²) in [6.45, 7) is 2.17. The summed E-state index contributed by atoms with van der Waals surface area (Å²) in [7, 11) is 0. The Hall–Kier alpha value is -3.14. The van der Waals surface area contributed by atoms with Crippen LogP contribution in [-0.2, 0) is 9.53 Å². The zero-order chi connectivity index (χ0) is 17.9. The molecule has 0 saturated carbocycles. The minimum Gasteiger partial charge on any atom is -0.464 e. The van der Waals surface area contributed by atoms with Crippen molar-refractivity contribution in [3.8, 4) is 0 Å². The summed E-state index contributed by atoms with van der Waals surface area (Å²) in [6.07, 6.45) is 5.99. The van der Waals surface area contributed by atoms with Gasteiger partial charge in [0.1, 0.15) is 5.84 Å². The average molecular weight is 344 g/mol. The minimum absolute atomic E-state index is 0.221. The van der Waals surface area contributed by atoms with E-state index in [-0.39, 0.29) is 12.0 Å². The number of hydrogen-bond donors (Lipinski definition) is 0. The first-order valence-electron chi connectivity index (χ1n) is 8.82. The molecule has 0 N–H and O–H groups in total. The third kappa shape index (κ3) is 2.84. The van der Waals surface area contributed by atoms with Crippen LogP contribution in [0.15, 0.2) is 83.9 Å². The van der Waals surface area contributed by atoms with Crippen LogP contribution in [0.5, 0.6) is 0 Å². The summed E-state index contributed by atoms with van der Waals surface area (Å²) >= 11 is 0. The number of esters is 1. The van der Waals surface area contributed by atoms with E-state index in [4.69, 9.17) is 9.73 Å². The van der Waals surface area contributed by atoms with Crippen LogP contribution in [0.2, 0.25) is 0 Å². The number of nitrogens with zero attached hydrogens (tertiary/aromatic N) is 2. The van der Waals surface area contributed by atoms with Gasteiger partial charge in [-0.05, 0) is 30.2 Å². The molecular weight excluding hydrogens is 324 g/mol. The van der Waals surface area contributed by atoms with Gasteiger partial charge in [0.15, 0.2) is 6.04 Å². The summed E-state index contributed by atoms with van der Waals surface area (Å²) in [6, 6.07) is 19.4. The molecule has 0 radical (unpaired) electrons. The van der Waals surface area contributed by atoms with E-state index in [9.17, 15) is 4.79 Å². The molecule has 2 aliphatic rings. The molecule has 0 unspecified atom stereocenters. The first kappa shape index (κ1) is 16.3. The molecule has 0 bridgehead atoms. The number of allylic oxidation sites excluding steroid dienone is 2. The molecule has 0 spiro atoms. The van der Waals surface area contributed by atoms with Gasteiger partial charge in [0.2, 0.25) is 0 Å². The quantitative estimate of drug-likeness (QED) is 0.788. The lowest BCUT2D eigenvalue weighted by Crippen LogP contribution is -2.35. The molecular formula is C22H20N2O2. The summed E-state index contributed by atoms with van der Waals surface area (Å²) in [5.74, 6) is 0.502. The zero-order valence-electron chi connectivity index (χ0n) is 14.6. The van der Waals surface area contributed by atoms with E-state index in [0.717, 1.165) is 22.7 Å². The van der Waals surface area contributed by atoms with Crippen molar-refractivity contribution in [2.24, 2.45) is 4.99 Å². The van der Waals surface area contributed by atoms with Crippen LogP contribution in [0, 0.1) is 0 Å². The number of benzene rings is 2. The number of hydrogen-bond acceptors (Lipinski definition) is 4. The predicted molar refractivity (Wildman–Crippen MR) is 102 cm³/mol. The molecule has 0 fully saturated rings. The molecule has 26 heavy (non-hydrogen) atoms. The SMILES string of the molecule is CCOC(=O)[C@@H]1N=C2C=CC=C(c3ccccc3)N2[C@H]1c1ccccc1. The van der Waals surface area contributed by atoms with E-state index in [0.29, 0.717) is 6.61 Å². The van der Waals surface area contributed by atoms with Gasteiger partial charge in [-0.25, -0.2) is 4.79 Å². The van der Waals surface area contributed by atoms with Gasteiger partial charge in [-0.3, -0.25) is 4.99 Å². The lowest BCUT2D eigenvalue weighted by atomic mass is 9.96. The van der Waals surface area contributed by atoms with Crippen molar-refractivity contribution >= 4 is 17.5 Å². The number of carbonyl (C=O) groups excluding carboxylic acids is 1. The molecule has 2 atom stereocenters. The van der Waals surface area contributed by atoms with Crippen LogP contribution in [0.1, 0.15) is 24.1 Å². The van der Waals surface area contributed by atoms with Crippen molar-refractivity contribution < 1.29 is 9.53 Å². The van der Waals surface area contributed by atoms with Gasteiger partial charge in [0.05, 0.1) is 18.3 Å². The van der Waals surface area contributed by atoms with Crippen LogP contribution >= 0.6 is 0 Å². The predicted octanol–water partition coefficient (Wildman–Crippen LogP) is 3.98. The van der Waals surface area contributed by atoms with Gasteiger partial charge in [-0.15, -0.1) is 0 Å². The second-order valence-electron chi connectivity index (χ2n) is 6.19. The van der Waals surface area contributed by atoms with Crippen molar-refractivity contribution in [3.05, 3.63) is 90.0 Å². The van der Waals surface area contributed by atoms with Crippen LogP contribution in [0.25, 0.3) is 5.70 Å². The van der Waals surface area contributed by atoms with Crippen molar-refractivity contribution in [1.29, 1.82) is 0 Å². The van der Waals surface area contributed by atoms with E-state index < -0.39 is 6.04 Å². The number of fused-ring (bicyclic) bond motifs is 1. The Balaban J connectivity index is 1.80. The smallest absolute Gasteiger partial charge is 0.333 e. The molecule has 0 saturated heterocycles. The van der Waals surface area contributed by atoms with Crippen molar-refractivity contribution in [2.45, 2.75) is 19.0 Å². The zero-order valence-corrected chi connectivity index (χ0v) is 14.6. The van der Waals surface area contributed by atoms with Gasteiger partial charge >= 0.3 is 5.97 Å². The van der Waals surface area contributed by atoms with E-state index in [1.54, 1.807) is 0 Å². The molecule has 4 rings (SSSR count). The topological polar surface area (TPSA) is 41.9 Å². The molecule has 0 amide bonds. The Morgan fingerprint density at radius 3 is 2.46 bits per heavy atom. The Labute approximate surface area is 153 Å². The highest BCUT2D eigenvalue weighted by atomic mass is 16.5. The lowest BCUT2D eigenvalue weighted by molar-refractivity contribution is -0.145. The second kappa shape index (κ2) is 7.00. The van der Waals surface area contributed by atoms with Gasteiger partial charge < -0.3 is 9.64 Å². The van der Waals surface area contributed by atoms with E-state index in [2.05, 4.69) is 23.1 Å². The number of amidine groups is 1. The average Bonchev–Trinajstić information content (AvgIpc) is 3.09. The van der Waals surface area contributed by atoms with Crippen LogP contribution in [0.4, 0.5) is 0 Å². The van der Waals surface area contributed by atoms with E-state index in [1.807, 2.05) is 67.6 Å². The minimum atomic E-state index is -0.581. The summed E-state index contributed by atoms with van der Waals surface area (Å²) < 4.78 is 5.31. The lowest BCUT2D eigenvalue weighted by Gasteiger charge is -2.33. The maximum absolute atomic E-state index is 12.6. The van der Waals surface area contributed by atoms with Gasteiger partial charge in [0.25, 0.3) is 0 Å². The normalized spacial score (nSPS) is 21.0. The first-order chi connectivity index (χ1) is 12.8. The Morgan fingerprint density at radius 1 is 1.08 bits per heavy atom. The fraction of sp³-hybridized carbons (Fsp3) is 0.182. The number of ether oxygens (including phenoxy) is 1. The van der Waals surface area contributed by atoms with Gasteiger partial charge in [-0.2, -0.15) is 0 Å². The number of carbonyl (C=O) groups is 1. The third-order valence-corrected chi connectivity index (χ3v) is 4.59. The molecule has 0 aliphatic carbocycles. The number of aliphatic imine (C=N–C) groups is 1. The molecule has 130 valence electrons.